The molecule has 136 valence electrons. The SMILES string of the molecule is Cc1ccccc1COc1cccc(CNCc2nc3ccccc3[nH]2)c1. The molecule has 0 fully saturated rings. The Balaban J connectivity index is 1.33. The number of aromatic nitrogens is 2. The molecule has 0 aliphatic heterocycles. The number of para-hydroxylation sites is 2. The van der Waals surface area contributed by atoms with Crippen LogP contribution in [0.5, 0.6) is 5.75 Å². The second kappa shape index (κ2) is 8.06. The lowest BCUT2D eigenvalue weighted by molar-refractivity contribution is 0.305. The zero-order chi connectivity index (χ0) is 18.5. The predicted molar refractivity (Wildman–Crippen MR) is 109 cm³/mol. The molecule has 4 rings (SSSR count). The van der Waals surface area contributed by atoms with Gasteiger partial charge in [0, 0.05) is 6.54 Å². The monoisotopic (exact) mass is 357 g/mol. The number of H-pyrrole nitrogens is 1. The maximum Gasteiger partial charge on any atom is 0.121 e. The van der Waals surface area contributed by atoms with E-state index in [2.05, 4.69) is 46.5 Å². The van der Waals surface area contributed by atoms with E-state index in [9.17, 15) is 0 Å². The molecular formula is C23H23N3O. The largest absolute Gasteiger partial charge is 0.489 e. The van der Waals surface area contributed by atoms with E-state index in [1.165, 1.54) is 16.7 Å². The fraction of sp³-hybridized carbons (Fsp3) is 0.174. The molecule has 4 aromatic rings. The van der Waals surface area contributed by atoms with Crippen LogP contribution in [0.1, 0.15) is 22.5 Å². The van der Waals surface area contributed by atoms with Gasteiger partial charge < -0.3 is 15.0 Å². The number of aromatic amines is 1. The summed E-state index contributed by atoms with van der Waals surface area (Å²) < 4.78 is 5.97. The third-order valence-corrected chi connectivity index (χ3v) is 4.61. The zero-order valence-electron chi connectivity index (χ0n) is 15.4. The van der Waals surface area contributed by atoms with Crippen LogP contribution in [0.4, 0.5) is 0 Å². The van der Waals surface area contributed by atoms with Crippen molar-refractivity contribution in [3.05, 3.63) is 95.3 Å². The van der Waals surface area contributed by atoms with Crippen LogP contribution in [-0.4, -0.2) is 9.97 Å². The Morgan fingerprint density at radius 3 is 2.67 bits per heavy atom. The average Bonchev–Trinajstić information content (AvgIpc) is 3.10. The van der Waals surface area contributed by atoms with Crippen LogP contribution in [0.25, 0.3) is 11.0 Å². The number of hydrogen-bond acceptors (Lipinski definition) is 3. The van der Waals surface area contributed by atoms with E-state index in [-0.39, 0.29) is 0 Å². The summed E-state index contributed by atoms with van der Waals surface area (Å²) in [5.41, 5.74) is 5.72. The fourth-order valence-electron chi connectivity index (χ4n) is 3.09. The quantitative estimate of drug-likeness (QED) is 0.502. The highest BCUT2D eigenvalue weighted by Crippen LogP contribution is 2.17. The zero-order valence-corrected chi connectivity index (χ0v) is 15.4. The Morgan fingerprint density at radius 1 is 0.926 bits per heavy atom. The van der Waals surface area contributed by atoms with Gasteiger partial charge in [0.1, 0.15) is 18.2 Å². The van der Waals surface area contributed by atoms with Crippen molar-refractivity contribution in [3.8, 4) is 5.75 Å². The summed E-state index contributed by atoms with van der Waals surface area (Å²) in [7, 11) is 0. The topological polar surface area (TPSA) is 49.9 Å². The molecule has 4 heteroatoms. The van der Waals surface area contributed by atoms with Gasteiger partial charge in [0.15, 0.2) is 0 Å². The van der Waals surface area contributed by atoms with Crippen molar-refractivity contribution in [1.82, 2.24) is 15.3 Å². The Morgan fingerprint density at radius 2 is 1.78 bits per heavy atom. The van der Waals surface area contributed by atoms with Gasteiger partial charge in [0.25, 0.3) is 0 Å². The second-order valence-electron chi connectivity index (χ2n) is 6.67. The third kappa shape index (κ3) is 4.36. The van der Waals surface area contributed by atoms with Gasteiger partial charge in [0.2, 0.25) is 0 Å². The van der Waals surface area contributed by atoms with E-state index in [4.69, 9.17) is 4.74 Å². The summed E-state index contributed by atoms with van der Waals surface area (Å²) in [6.07, 6.45) is 0. The normalized spacial score (nSPS) is 11.0. The maximum atomic E-state index is 5.97. The first-order chi connectivity index (χ1) is 13.3. The third-order valence-electron chi connectivity index (χ3n) is 4.61. The Kier molecular flexibility index (Phi) is 5.17. The highest BCUT2D eigenvalue weighted by atomic mass is 16.5. The molecule has 0 spiro atoms. The lowest BCUT2D eigenvalue weighted by Gasteiger charge is -2.10. The van der Waals surface area contributed by atoms with Crippen molar-refractivity contribution in [3.63, 3.8) is 0 Å². The average molecular weight is 357 g/mol. The number of nitrogens with zero attached hydrogens (tertiary/aromatic N) is 1. The predicted octanol–water partition coefficient (Wildman–Crippen LogP) is 4.74. The van der Waals surface area contributed by atoms with Crippen molar-refractivity contribution >= 4 is 11.0 Å². The van der Waals surface area contributed by atoms with E-state index in [0.29, 0.717) is 13.2 Å². The minimum Gasteiger partial charge on any atom is -0.489 e. The molecule has 0 aliphatic carbocycles. The minimum absolute atomic E-state index is 0.586. The molecule has 0 amide bonds. The van der Waals surface area contributed by atoms with Gasteiger partial charge >= 0.3 is 0 Å². The molecule has 0 aliphatic rings. The first-order valence-corrected chi connectivity index (χ1v) is 9.18. The Labute approximate surface area is 159 Å². The number of ether oxygens (including phenoxy) is 1. The summed E-state index contributed by atoms with van der Waals surface area (Å²) in [6, 6.07) is 24.6. The highest BCUT2D eigenvalue weighted by Gasteiger charge is 2.03. The molecule has 0 atom stereocenters. The number of imidazole rings is 1. The number of benzene rings is 3. The number of hydrogen-bond donors (Lipinski definition) is 2. The van der Waals surface area contributed by atoms with Crippen molar-refractivity contribution in [2.24, 2.45) is 0 Å². The number of aryl methyl sites for hydroxylation is 1. The molecule has 3 aromatic carbocycles. The molecule has 1 heterocycles. The number of rotatable bonds is 7. The summed E-state index contributed by atoms with van der Waals surface area (Å²) >= 11 is 0. The summed E-state index contributed by atoms with van der Waals surface area (Å²) in [5, 5.41) is 3.44. The van der Waals surface area contributed by atoms with Crippen LogP contribution in [-0.2, 0) is 19.7 Å². The molecular weight excluding hydrogens is 334 g/mol. The summed E-state index contributed by atoms with van der Waals surface area (Å²) in [5.74, 6) is 1.84. The molecule has 0 radical (unpaired) electrons. The summed E-state index contributed by atoms with van der Waals surface area (Å²) in [4.78, 5) is 7.93. The van der Waals surface area contributed by atoms with E-state index in [1.807, 2.05) is 48.5 Å². The van der Waals surface area contributed by atoms with Gasteiger partial charge in [-0.25, -0.2) is 4.98 Å². The smallest absolute Gasteiger partial charge is 0.121 e. The number of nitrogens with one attached hydrogen (secondary N) is 2. The molecule has 2 N–H and O–H groups in total. The van der Waals surface area contributed by atoms with Crippen LogP contribution in [0.2, 0.25) is 0 Å². The molecule has 0 saturated heterocycles. The van der Waals surface area contributed by atoms with Crippen LogP contribution in [0, 0.1) is 6.92 Å². The highest BCUT2D eigenvalue weighted by molar-refractivity contribution is 5.74. The maximum absolute atomic E-state index is 5.97. The lowest BCUT2D eigenvalue weighted by Crippen LogP contribution is -2.13. The molecule has 1 aromatic heterocycles. The fourth-order valence-corrected chi connectivity index (χ4v) is 3.09. The van der Waals surface area contributed by atoms with Gasteiger partial charge in [-0.1, -0.05) is 48.5 Å². The van der Waals surface area contributed by atoms with Crippen molar-refractivity contribution in [2.45, 2.75) is 26.6 Å². The van der Waals surface area contributed by atoms with Gasteiger partial charge in [-0.2, -0.15) is 0 Å². The van der Waals surface area contributed by atoms with Gasteiger partial charge in [-0.3, -0.25) is 0 Å². The Bertz CT molecular complexity index is 1010. The first-order valence-electron chi connectivity index (χ1n) is 9.18. The van der Waals surface area contributed by atoms with Crippen LogP contribution >= 0.6 is 0 Å². The number of fused-ring (bicyclic) bond motifs is 1. The van der Waals surface area contributed by atoms with Crippen LogP contribution < -0.4 is 10.1 Å². The summed E-state index contributed by atoms with van der Waals surface area (Å²) in [6.45, 7) is 4.15. The van der Waals surface area contributed by atoms with E-state index >= 15 is 0 Å². The van der Waals surface area contributed by atoms with Gasteiger partial charge in [0.05, 0.1) is 17.6 Å². The second-order valence-corrected chi connectivity index (χ2v) is 6.67. The van der Waals surface area contributed by atoms with E-state index < -0.39 is 0 Å². The molecule has 0 unspecified atom stereocenters. The molecule has 27 heavy (non-hydrogen) atoms. The van der Waals surface area contributed by atoms with Gasteiger partial charge in [-0.15, -0.1) is 0 Å². The molecule has 0 bridgehead atoms. The van der Waals surface area contributed by atoms with Crippen molar-refractivity contribution < 1.29 is 4.74 Å². The standard InChI is InChI=1S/C23H23N3O/c1-17-7-2-3-9-19(17)16-27-20-10-6-8-18(13-20)14-24-15-23-25-21-11-4-5-12-22(21)26-23/h2-13,24H,14-16H2,1H3,(H,25,26). The van der Waals surface area contributed by atoms with Crippen molar-refractivity contribution in [1.29, 1.82) is 0 Å². The van der Waals surface area contributed by atoms with Crippen LogP contribution in [0.15, 0.2) is 72.8 Å². The van der Waals surface area contributed by atoms with Gasteiger partial charge in [-0.05, 0) is 47.9 Å². The first kappa shape index (κ1) is 17.3. The van der Waals surface area contributed by atoms with E-state index in [1.54, 1.807) is 0 Å². The molecule has 4 nitrogen and oxygen atoms in total. The lowest BCUT2D eigenvalue weighted by atomic mass is 10.1. The van der Waals surface area contributed by atoms with Crippen LogP contribution in [0.3, 0.4) is 0 Å². The Hall–Kier alpha value is -3.11. The minimum atomic E-state index is 0.586. The van der Waals surface area contributed by atoms with Crippen molar-refractivity contribution in [2.75, 3.05) is 0 Å². The van der Waals surface area contributed by atoms with E-state index in [0.717, 1.165) is 29.2 Å². The molecule has 0 saturated carbocycles.